The molecule has 6 nitrogen and oxygen atoms in total. The number of benzene rings is 2. The summed E-state index contributed by atoms with van der Waals surface area (Å²) in [5.41, 5.74) is 1.10. The number of esters is 1. The number of hydrogen-bond acceptors (Lipinski definition) is 6. The lowest BCUT2D eigenvalue weighted by molar-refractivity contribution is -0.152. The van der Waals surface area contributed by atoms with E-state index in [1.54, 1.807) is 7.11 Å². The standard InChI is InChI=1S/C25H35NO5/c1-4-6-16-30-25(27)24(5-2)31-23-10-7-9-20(18-23)19-26-15-8-17-29-22-13-11-21(28-3)12-14-22/h7,9-14,18,24,26H,4-6,8,15-17,19H2,1-3H3. The summed E-state index contributed by atoms with van der Waals surface area (Å²) in [5.74, 6) is 2.04. The summed E-state index contributed by atoms with van der Waals surface area (Å²) in [7, 11) is 1.65. The van der Waals surface area contributed by atoms with Gasteiger partial charge in [-0.05, 0) is 67.8 Å². The van der Waals surface area contributed by atoms with E-state index in [2.05, 4.69) is 12.2 Å². The minimum atomic E-state index is -0.574. The predicted molar refractivity (Wildman–Crippen MR) is 122 cm³/mol. The molecule has 0 aliphatic carbocycles. The van der Waals surface area contributed by atoms with Crippen LogP contribution in [0, 0.1) is 0 Å². The van der Waals surface area contributed by atoms with Gasteiger partial charge in [0.1, 0.15) is 17.2 Å². The first-order valence-electron chi connectivity index (χ1n) is 11.1. The first-order chi connectivity index (χ1) is 15.2. The molecule has 2 aromatic carbocycles. The zero-order valence-electron chi connectivity index (χ0n) is 18.9. The molecular weight excluding hydrogens is 394 g/mol. The Balaban J connectivity index is 1.69. The van der Waals surface area contributed by atoms with Crippen LogP contribution in [0.15, 0.2) is 48.5 Å². The van der Waals surface area contributed by atoms with E-state index in [9.17, 15) is 4.79 Å². The second kappa shape index (κ2) is 14.3. The zero-order chi connectivity index (χ0) is 22.3. The van der Waals surface area contributed by atoms with Crippen LogP contribution in [0.4, 0.5) is 0 Å². The molecule has 0 aliphatic heterocycles. The van der Waals surface area contributed by atoms with E-state index in [-0.39, 0.29) is 5.97 Å². The van der Waals surface area contributed by atoms with E-state index in [1.807, 2.05) is 55.5 Å². The summed E-state index contributed by atoms with van der Waals surface area (Å²) in [6.07, 6.45) is 2.75. The molecule has 0 fully saturated rings. The third-order valence-corrected chi connectivity index (χ3v) is 4.71. The third-order valence-electron chi connectivity index (χ3n) is 4.71. The number of carbonyl (C=O) groups is 1. The normalized spacial score (nSPS) is 11.6. The fraction of sp³-hybridized carbons (Fsp3) is 0.480. The molecule has 2 rings (SSSR count). The van der Waals surface area contributed by atoms with E-state index < -0.39 is 6.10 Å². The Hall–Kier alpha value is -2.73. The highest BCUT2D eigenvalue weighted by atomic mass is 16.6. The van der Waals surface area contributed by atoms with Gasteiger partial charge in [-0.2, -0.15) is 0 Å². The maximum Gasteiger partial charge on any atom is 0.347 e. The van der Waals surface area contributed by atoms with E-state index in [4.69, 9.17) is 18.9 Å². The van der Waals surface area contributed by atoms with Gasteiger partial charge in [0.25, 0.3) is 0 Å². The van der Waals surface area contributed by atoms with Gasteiger partial charge in [-0.15, -0.1) is 0 Å². The molecule has 0 aromatic heterocycles. The van der Waals surface area contributed by atoms with Crippen molar-refractivity contribution in [2.45, 2.75) is 52.2 Å². The lowest BCUT2D eigenvalue weighted by atomic mass is 10.2. The summed E-state index contributed by atoms with van der Waals surface area (Å²) in [5, 5.41) is 3.41. The van der Waals surface area contributed by atoms with Gasteiger partial charge in [-0.1, -0.05) is 32.4 Å². The summed E-state index contributed by atoms with van der Waals surface area (Å²) in [6.45, 7) is 6.63. The van der Waals surface area contributed by atoms with Gasteiger partial charge < -0.3 is 24.3 Å². The van der Waals surface area contributed by atoms with Crippen molar-refractivity contribution in [2.75, 3.05) is 26.9 Å². The van der Waals surface area contributed by atoms with Gasteiger partial charge in [-0.3, -0.25) is 0 Å². The number of rotatable bonds is 15. The fourth-order valence-corrected chi connectivity index (χ4v) is 2.89. The minimum absolute atomic E-state index is 0.295. The van der Waals surface area contributed by atoms with Crippen LogP contribution in [0.3, 0.4) is 0 Å². The Morgan fingerprint density at radius 1 is 0.968 bits per heavy atom. The van der Waals surface area contributed by atoms with Crippen molar-refractivity contribution >= 4 is 5.97 Å². The number of unbranched alkanes of at least 4 members (excludes halogenated alkanes) is 1. The smallest absolute Gasteiger partial charge is 0.347 e. The van der Waals surface area contributed by atoms with Crippen LogP contribution in [-0.2, 0) is 16.1 Å². The highest BCUT2D eigenvalue weighted by Crippen LogP contribution is 2.18. The van der Waals surface area contributed by atoms with Gasteiger partial charge in [0, 0.05) is 6.54 Å². The molecule has 31 heavy (non-hydrogen) atoms. The zero-order valence-corrected chi connectivity index (χ0v) is 18.9. The largest absolute Gasteiger partial charge is 0.497 e. The van der Waals surface area contributed by atoms with Gasteiger partial charge >= 0.3 is 5.97 Å². The molecule has 0 saturated carbocycles. The Morgan fingerprint density at radius 3 is 2.45 bits per heavy atom. The van der Waals surface area contributed by atoms with Crippen molar-refractivity contribution in [3.8, 4) is 17.2 Å². The summed E-state index contributed by atoms with van der Waals surface area (Å²) >= 11 is 0. The monoisotopic (exact) mass is 429 g/mol. The molecule has 0 amide bonds. The lowest BCUT2D eigenvalue weighted by Gasteiger charge is -2.17. The number of ether oxygens (including phenoxy) is 4. The minimum Gasteiger partial charge on any atom is -0.497 e. The van der Waals surface area contributed by atoms with Crippen molar-refractivity contribution in [1.29, 1.82) is 0 Å². The van der Waals surface area contributed by atoms with Crippen LogP contribution in [-0.4, -0.2) is 38.9 Å². The molecular formula is C25H35NO5. The molecule has 170 valence electrons. The molecule has 1 atom stereocenters. The second-order valence-electron chi connectivity index (χ2n) is 7.24. The average molecular weight is 430 g/mol. The summed E-state index contributed by atoms with van der Waals surface area (Å²) in [4.78, 5) is 12.2. The Labute approximate surface area is 185 Å². The Bertz CT molecular complexity index is 763. The van der Waals surface area contributed by atoms with Crippen molar-refractivity contribution in [3.63, 3.8) is 0 Å². The molecule has 0 aliphatic rings. The molecule has 0 heterocycles. The van der Waals surface area contributed by atoms with E-state index in [0.717, 1.165) is 49.4 Å². The fourth-order valence-electron chi connectivity index (χ4n) is 2.89. The average Bonchev–Trinajstić information content (AvgIpc) is 2.80. The van der Waals surface area contributed by atoms with Crippen LogP contribution < -0.4 is 19.5 Å². The first kappa shape index (κ1) is 24.5. The van der Waals surface area contributed by atoms with Crippen molar-refractivity contribution in [3.05, 3.63) is 54.1 Å². The number of carbonyl (C=O) groups excluding carboxylic acids is 1. The van der Waals surface area contributed by atoms with Gasteiger partial charge in [-0.25, -0.2) is 4.79 Å². The third kappa shape index (κ3) is 9.30. The van der Waals surface area contributed by atoms with E-state index in [1.165, 1.54) is 0 Å². The van der Waals surface area contributed by atoms with Gasteiger partial charge in [0.2, 0.25) is 0 Å². The SMILES string of the molecule is CCCCOC(=O)C(CC)Oc1cccc(CNCCCOc2ccc(OC)cc2)c1. The highest BCUT2D eigenvalue weighted by molar-refractivity contribution is 5.75. The molecule has 0 spiro atoms. The topological polar surface area (TPSA) is 66.0 Å². The lowest BCUT2D eigenvalue weighted by Crippen LogP contribution is -2.29. The predicted octanol–water partition coefficient (Wildman–Crippen LogP) is 4.75. The maximum absolute atomic E-state index is 12.2. The van der Waals surface area contributed by atoms with Crippen molar-refractivity contribution < 1.29 is 23.7 Å². The molecule has 1 N–H and O–H groups in total. The number of hydrogen-bond donors (Lipinski definition) is 1. The van der Waals surface area contributed by atoms with Gasteiger partial charge in [0.05, 0.1) is 20.3 Å². The quantitative estimate of drug-likeness (QED) is 0.325. The summed E-state index contributed by atoms with van der Waals surface area (Å²) < 4.78 is 22.0. The van der Waals surface area contributed by atoms with Crippen molar-refractivity contribution in [1.82, 2.24) is 5.32 Å². The Kier molecular flexibility index (Phi) is 11.3. The second-order valence-corrected chi connectivity index (χ2v) is 7.24. The first-order valence-corrected chi connectivity index (χ1v) is 11.1. The van der Waals surface area contributed by atoms with E-state index >= 15 is 0 Å². The van der Waals surface area contributed by atoms with Crippen LogP contribution in [0.25, 0.3) is 0 Å². The molecule has 2 aromatic rings. The maximum atomic E-state index is 12.2. The number of nitrogens with one attached hydrogen (secondary N) is 1. The highest BCUT2D eigenvalue weighted by Gasteiger charge is 2.19. The van der Waals surface area contributed by atoms with E-state index in [0.29, 0.717) is 25.4 Å². The number of methoxy groups -OCH3 is 1. The Morgan fingerprint density at radius 2 is 1.74 bits per heavy atom. The van der Waals surface area contributed by atoms with Crippen LogP contribution in [0.1, 0.15) is 45.1 Å². The van der Waals surface area contributed by atoms with Crippen LogP contribution in [0.2, 0.25) is 0 Å². The molecule has 0 bridgehead atoms. The van der Waals surface area contributed by atoms with Crippen LogP contribution in [0.5, 0.6) is 17.2 Å². The molecule has 0 radical (unpaired) electrons. The molecule has 1 unspecified atom stereocenters. The van der Waals surface area contributed by atoms with Crippen molar-refractivity contribution in [2.24, 2.45) is 0 Å². The molecule has 6 heteroatoms. The van der Waals surface area contributed by atoms with Crippen LogP contribution >= 0.6 is 0 Å². The van der Waals surface area contributed by atoms with Gasteiger partial charge in [0.15, 0.2) is 6.10 Å². The summed E-state index contributed by atoms with van der Waals surface area (Å²) in [6, 6.07) is 15.4. The molecule has 0 saturated heterocycles.